The maximum atomic E-state index is 13.1. The predicted molar refractivity (Wildman–Crippen MR) is 132 cm³/mol. The minimum Gasteiger partial charge on any atom is -0.481 e. The molecule has 2 aliphatic carbocycles. The number of nitrogens with one attached hydrogen (secondary N) is 1. The third-order valence-electron chi connectivity index (χ3n) is 7.23. The van der Waals surface area contributed by atoms with Crippen molar-refractivity contribution in [3.05, 3.63) is 52.9 Å². The van der Waals surface area contributed by atoms with Crippen molar-refractivity contribution in [3.8, 4) is 10.4 Å². The number of aliphatic carboxylic acids is 1. The van der Waals surface area contributed by atoms with Crippen LogP contribution in [0.3, 0.4) is 0 Å². The van der Waals surface area contributed by atoms with Crippen molar-refractivity contribution in [2.24, 2.45) is 11.3 Å². The number of aliphatic hydroxyl groups is 1. The van der Waals surface area contributed by atoms with E-state index in [9.17, 15) is 28.2 Å². The SMILES string of the molecule is CC1(C)C[C@](O)(c2ncc(-c3cc(Nc4nccc(C(F)(F)F)n4)cc(C4CC4)c3)s2)CC[C@H]1C(=O)O. The molecule has 2 fully saturated rings. The third-order valence-corrected chi connectivity index (χ3v) is 8.47. The number of rotatable bonds is 6. The Morgan fingerprint density at radius 2 is 1.92 bits per heavy atom. The first-order valence-electron chi connectivity index (χ1n) is 12.1. The van der Waals surface area contributed by atoms with Crippen molar-refractivity contribution >= 4 is 28.9 Å². The van der Waals surface area contributed by atoms with E-state index in [1.807, 2.05) is 32.0 Å². The van der Waals surface area contributed by atoms with Crippen LogP contribution in [-0.4, -0.2) is 31.1 Å². The summed E-state index contributed by atoms with van der Waals surface area (Å²) in [5.74, 6) is -1.15. The molecule has 2 atom stereocenters. The molecule has 0 spiro atoms. The van der Waals surface area contributed by atoms with Crippen molar-refractivity contribution in [1.82, 2.24) is 15.0 Å². The minimum absolute atomic E-state index is 0.148. The number of hydrogen-bond donors (Lipinski definition) is 3. The lowest BCUT2D eigenvalue weighted by Gasteiger charge is -2.44. The van der Waals surface area contributed by atoms with Gasteiger partial charge in [-0.15, -0.1) is 11.3 Å². The maximum absolute atomic E-state index is 13.1. The second-order valence-corrected chi connectivity index (χ2v) is 11.7. The average Bonchev–Trinajstić information content (AvgIpc) is 3.53. The molecule has 0 amide bonds. The van der Waals surface area contributed by atoms with Crippen molar-refractivity contribution in [2.75, 3.05) is 5.32 Å². The van der Waals surface area contributed by atoms with E-state index in [1.54, 1.807) is 6.20 Å². The molecule has 5 rings (SSSR count). The molecular formula is C26H27F3N4O3S. The van der Waals surface area contributed by atoms with Gasteiger partial charge in [0, 0.05) is 18.1 Å². The molecule has 2 saturated carbocycles. The number of anilines is 2. The summed E-state index contributed by atoms with van der Waals surface area (Å²) in [5, 5.41) is 24.5. The van der Waals surface area contributed by atoms with Crippen LogP contribution >= 0.6 is 11.3 Å². The zero-order chi connectivity index (χ0) is 26.6. The number of carboxylic acids is 1. The van der Waals surface area contributed by atoms with Crippen molar-refractivity contribution < 1.29 is 28.2 Å². The van der Waals surface area contributed by atoms with Crippen molar-refractivity contribution in [1.29, 1.82) is 0 Å². The summed E-state index contributed by atoms with van der Waals surface area (Å²) in [5.41, 5.74) is -0.397. The van der Waals surface area contributed by atoms with Gasteiger partial charge in [-0.1, -0.05) is 13.8 Å². The van der Waals surface area contributed by atoms with Crippen LogP contribution in [0.1, 0.15) is 68.1 Å². The summed E-state index contributed by atoms with van der Waals surface area (Å²) in [6, 6.07) is 6.58. The molecule has 37 heavy (non-hydrogen) atoms. The van der Waals surface area contributed by atoms with Crippen molar-refractivity contribution in [3.63, 3.8) is 0 Å². The fraction of sp³-hybridized carbons (Fsp3) is 0.462. The fourth-order valence-electron chi connectivity index (χ4n) is 5.23. The Hall–Kier alpha value is -3.05. The van der Waals surface area contributed by atoms with Gasteiger partial charge >= 0.3 is 12.1 Å². The molecule has 2 aliphatic rings. The monoisotopic (exact) mass is 532 g/mol. The fourth-order valence-corrected chi connectivity index (χ4v) is 6.25. The van der Waals surface area contributed by atoms with E-state index in [2.05, 4.69) is 20.3 Å². The Morgan fingerprint density at radius 3 is 2.57 bits per heavy atom. The highest BCUT2D eigenvalue weighted by Crippen LogP contribution is 2.51. The number of halogens is 3. The molecule has 3 aromatic rings. The van der Waals surface area contributed by atoms with E-state index < -0.39 is 34.8 Å². The normalized spacial score (nSPS) is 23.6. The van der Waals surface area contributed by atoms with E-state index >= 15 is 0 Å². The van der Waals surface area contributed by atoms with E-state index in [1.165, 1.54) is 11.3 Å². The number of carbonyl (C=O) groups is 1. The Labute approximate surface area is 215 Å². The highest BCUT2D eigenvalue weighted by atomic mass is 32.1. The summed E-state index contributed by atoms with van der Waals surface area (Å²) in [6.07, 6.45) is 1.21. The molecule has 2 heterocycles. The zero-order valence-electron chi connectivity index (χ0n) is 20.3. The van der Waals surface area contributed by atoms with Crippen LogP contribution in [0.2, 0.25) is 0 Å². The lowest BCUT2D eigenvalue weighted by Crippen LogP contribution is -2.44. The highest BCUT2D eigenvalue weighted by molar-refractivity contribution is 7.15. The van der Waals surface area contributed by atoms with Gasteiger partial charge in [-0.05, 0) is 78.8 Å². The third kappa shape index (κ3) is 5.33. The first-order valence-corrected chi connectivity index (χ1v) is 12.9. The Balaban J connectivity index is 1.44. The van der Waals surface area contributed by atoms with E-state index in [0.717, 1.165) is 41.1 Å². The number of aromatic nitrogens is 3. The van der Waals surface area contributed by atoms with Gasteiger partial charge in [-0.3, -0.25) is 4.79 Å². The van der Waals surface area contributed by atoms with Gasteiger partial charge in [0.25, 0.3) is 0 Å². The smallest absolute Gasteiger partial charge is 0.433 e. The zero-order valence-corrected chi connectivity index (χ0v) is 21.2. The Morgan fingerprint density at radius 1 is 1.16 bits per heavy atom. The van der Waals surface area contributed by atoms with Crippen LogP contribution in [0.4, 0.5) is 24.8 Å². The lowest BCUT2D eigenvalue weighted by molar-refractivity contribution is -0.154. The number of nitrogens with zero attached hydrogens (tertiary/aromatic N) is 3. The molecule has 7 nitrogen and oxygen atoms in total. The molecule has 11 heteroatoms. The van der Waals surface area contributed by atoms with Crippen LogP contribution < -0.4 is 5.32 Å². The molecule has 0 bridgehead atoms. The van der Waals surface area contributed by atoms with Crippen LogP contribution in [0.25, 0.3) is 10.4 Å². The van der Waals surface area contributed by atoms with Crippen molar-refractivity contribution in [2.45, 2.75) is 63.6 Å². The molecule has 0 saturated heterocycles. The largest absolute Gasteiger partial charge is 0.481 e. The number of alkyl halides is 3. The predicted octanol–water partition coefficient (Wildman–Crippen LogP) is 6.34. The number of carboxylic acid groups (broad SMARTS) is 1. The second-order valence-electron chi connectivity index (χ2n) is 10.7. The van der Waals surface area contributed by atoms with Gasteiger partial charge in [-0.25, -0.2) is 15.0 Å². The maximum Gasteiger partial charge on any atom is 0.433 e. The standard InChI is InChI=1S/C26H27F3N4O3S/c1-24(2)13-25(36,7-5-18(24)21(34)35)22-31-12-19(37-22)16-9-15(14-3-4-14)10-17(11-16)32-23-30-8-6-20(33-23)26(27,28)29/h6,8-12,14,18,36H,3-5,7,13H2,1-2H3,(H,34,35)(H,30,32,33)/t18-,25-/m0/s1. The number of hydrogen-bond acceptors (Lipinski definition) is 7. The minimum atomic E-state index is -4.57. The lowest BCUT2D eigenvalue weighted by atomic mass is 9.63. The van der Waals surface area contributed by atoms with Gasteiger partial charge in [0.1, 0.15) is 16.3 Å². The van der Waals surface area contributed by atoms with Gasteiger partial charge in [-0.2, -0.15) is 13.2 Å². The van der Waals surface area contributed by atoms with E-state index in [4.69, 9.17) is 0 Å². The van der Waals surface area contributed by atoms with Crippen LogP contribution in [0, 0.1) is 11.3 Å². The molecule has 3 N–H and O–H groups in total. The van der Waals surface area contributed by atoms with Crippen LogP contribution in [0.5, 0.6) is 0 Å². The highest BCUT2D eigenvalue weighted by Gasteiger charge is 2.49. The molecule has 0 unspecified atom stereocenters. The quantitative estimate of drug-likeness (QED) is 0.340. The molecular weight excluding hydrogens is 505 g/mol. The molecule has 0 aliphatic heterocycles. The summed E-state index contributed by atoms with van der Waals surface area (Å²) < 4.78 is 39.3. The second kappa shape index (κ2) is 9.05. The van der Waals surface area contributed by atoms with Gasteiger partial charge in [0.2, 0.25) is 5.95 Å². The molecule has 1 aromatic carbocycles. The van der Waals surface area contributed by atoms with Crippen LogP contribution in [-0.2, 0) is 16.6 Å². The summed E-state index contributed by atoms with van der Waals surface area (Å²) in [6.45, 7) is 3.72. The Bertz CT molecular complexity index is 1340. The van der Waals surface area contributed by atoms with E-state index in [0.29, 0.717) is 29.5 Å². The van der Waals surface area contributed by atoms with E-state index in [-0.39, 0.29) is 12.4 Å². The number of benzene rings is 1. The first kappa shape index (κ1) is 25.6. The molecule has 0 radical (unpaired) electrons. The summed E-state index contributed by atoms with van der Waals surface area (Å²) >= 11 is 1.35. The first-order chi connectivity index (χ1) is 17.3. The van der Waals surface area contributed by atoms with Gasteiger partial charge in [0.05, 0.1) is 10.8 Å². The summed E-state index contributed by atoms with van der Waals surface area (Å²) in [4.78, 5) is 24.5. The summed E-state index contributed by atoms with van der Waals surface area (Å²) in [7, 11) is 0. The molecule has 2 aromatic heterocycles. The number of thiazole rings is 1. The Kier molecular flexibility index (Phi) is 6.26. The average molecular weight is 533 g/mol. The molecule has 196 valence electrons. The van der Waals surface area contributed by atoms with Crippen LogP contribution in [0.15, 0.2) is 36.7 Å². The van der Waals surface area contributed by atoms with Gasteiger partial charge < -0.3 is 15.5 Å². The van der Waals surface area contributed by atoms with Gasteiger partial charge in [0.15, 0.2) is 0 Å². The topological polar surface area (TPSA) is 108 Å².